The summed E-state index contributed by atoms with van der Waals surface area (Å²) in [6.45, 7) is 10.7. The van der Waals surface area contributed by atoms with E-state index in [1.807, 2.05) is 30.0 Å². The smallest absolute Gasteiger partial charge is 0.321 e. The molecule has 0 bridgehead atoms. The number of likely N-dealkylation sites (tertiary alicyclic amines) is 1. The zero-order valence-electron chi connectivity index (χ0n) is 17.2. The van der Waals surface area contributed by atoms with E-state index in [2.05, 4.69) is 29.1 Å². The Kier molecular flexibility index (Phi) is 6.60. The number of nitrogens with zero attached hydrogens (tertiary/aromatic N) is 3. The summed E-state index contributed by atoms with van der Waals surface area (Å²) in [6.07, 6.45) is 2.16. The number of piperazine rings is 1. The summed E-state index contributed by atoms with van der Waals surface area (Å²) in [5.74, 6) is 1.44. The fraction of sp³-hybridized carbons (Fsp3) is 0.667. The normalized spacial score (nSPS) is 21.1. The Labute approximate surface area is 163 Å². The Bertz CT molecular complexity index is 635. The molecule has 2 aliphatic heterocycles. The summed E-state index contributed by atoms with van der Waals surface area (Å²) in [4.78, 5) is 19.7. The van der Waals surface area contributed by atoms with Crippen LogP contribution >= 0.6 is 0 Å². The number of amides is 2. The summed E-state index contributed by atoms with van der Waals surface area (Å²) >= 11 is 0. The predicted octanol–water partition coefficient (Wildman–Crippen LogP) is 2.88. The molecule has 0 aliphatic carbocycles. The van der Waals surface area contributed by atoms with E-state index in [1.165, 1.54) is 0 Å². The second kappa shape index (κ2) is 8.93. The molecule has 1 N–H and O–H groups in total. The highest BCUT2D eigenvalue weighted by molar-refractivity contribution is 5.90. The second-order valence-corrected chi connectivity index (χ2v) is 8.02. The average molecular weight is 375 g/mol. The fourth-order valence-electron chi connectivity index (χ4n) is 4.17. The first-order valence-corrected chi connectivity index (χ1v) is 10.1. The van der Waals surface area contributed by atoms with E-state index in [0.29, 0.717) is 12.0 Å². The van der Waals surface area contributed by atoms with E-state index >= 15 is 0 Å². The summed E-state index contributed by atoms with van der Waals surface area (Å²) in [5.41, 5.74) is 1.87. The van der Waals surface area contributed by atoms with Crippen molar-refractivity contribution >= 4 is 11.7 Å². The molecule has 0 saturated carbocycles. The van der Waals surface area contributed by atoms with Gasteiger partial charge in [-0.2, -0.15) is 0 Å². The number of hydrogen-bond donors (Lipinski definition) is 1. The Morgan fingerprint density at radius 1 is 1.15 bits per heavy atom. The Hall–Kier alpha value is -1.79. The molecule has 2 saturated heterocycles. The maximum Gasteiger partial charge on any atom is 0.321 e. The number of methoxy groups -OCH3 is 1. The SMILES string of the molecule is COc1ccc(C)c(NC(=O)N2CCC([C@H](C)N3CCN(C)CC3)CC2)c1. The van der Waals surface area contributed by atoms with Gasteiger partial charge in [-0.1, -0.05) is 6.07 Å². The van der Waals surface area contributed by atoms with Crippen molar-refractivity contribution in [2.24, 2.45) is 5.92 Å². The van der Waals surface area contributed by atoms with E-state index in [4.69, 9.17) is 4.74 Å². The van der Waals surface area contributed by atoms with Crippen LogP contribution < -0.4 is 10.1 Å². The third-order valence-corrected chi connectivity index (χ3v) is 6.31. The van der Waals surface area contributed by atoms with Crippen LogP contribution in [0.3, 0.4) is 0 Å². The van der Waals surface area contributed by atoms with Gasteiger partial charge in [0.05, 0.1) is 7.11 Å². The number of carbonyl (C=O) groups is 1. The molecule has 6 nitrogen and oxygen atoms in total. The first-order valence-electron chi connectivity index (χ1n) is 10.1. The monoisotopic (exact) mass is 374 g/mol. The molecule has 0 aromatic heterocycles. The van der Waals surface area contributed by atoms with Gasteiger partial charge in [0, 0.05) is 57.1 Å². The largest absolute Gasteiger partial charge is 0.497 e. The molecule has 150 valence electrons. The lowest BCUT2D eigenvalue weighted by molar-refractivity contribution is 0.0676. The van der Waals surface area contributed by atoms with Crippen molar-refractivity contribution in [1.29, 1.82) is 0 Å². The first kappa shape index (κ1) is 20.0. The highest BCUT2D eigenvalue weighted by atomic mass is 16.5. The van der Waals surface area contributed by atoms with Crippen LogP contribution in [0.5, 0.6) is 5.75 Å². The molecule has 2 fully saturated rings. The van der Waals surface area contributed by atoms with Crippen molar-refractivity contribution < 1.29 is 9.53 Å². The van der Waals surface area contributed by atoms with Crippen LogP contribution in [0.4, 0.5) is 10.5 Å². The molecule has 2 heterocycles. The van der Waals surface area contributed by atoms with E-state index in [0.717, 1.165) is 69.1 Å². The molecule has 2 amide bonds. The molecule has 1 aromatic carbocycles. The first-order chi connectivity index (χ1) is 13.0. The summed E-state index contributed by atoms with van der Waals surface area (Å²) in [5, 5.41) is 3.06. The minimum absolute atomic E-state index is 0.00273. The summed E-state index contributed by atoms with van der Waals surface area (Å²) in [6, 6.07) is 6.37. The highest BCUT2D eigenvalue weighted by Crippen LogP contribution is 2.26. The van der Waals surface area contributed by atoms with Gasteiger partial charge in [-0.15, -0.1) is 0 Å². The number of nitrogens with one attached hydrogen (secondary N) is 1. The van der Waals surface area contributed by atoms with Crippen LogP contribution in [-0.2, 0) is 0 Å². The van der Waals surface area contributed by atoms with Crippen LogP contribution in [-0.4, -0.2) is 80.2 Å². The predicted molar refractivity (Wildman–Crippen MR) is 110 cm³/mol. The number of piperidine rings is 1. The maximum absolute atomic E-state index is 12.7. The fourth-order valence-corrected chi connectivity index (χ4v) is 4.17. The lowest BCUT2D eigenvalue weighted by Crippen LogP contribution is -2.52. The number of anilines is 1. The van der Waals surface area contributed by atoms with E-state index < -0.39 is 0 Å². The third-order valence-electron chi connectivity index (χ3n) is 6.31. The van der Waals surface area contributed by atoms with Gasteiger partial charge in [-0.3, -0.25) is 4.90 Å². The molecular formula is C21H34N4O2. The van der Waals surface area contributed by atoms with Crippen molar-refractivity contribution in [2.45, 2.75) is 32.7 Å². The molecule has 0 radical (unpaired) electrons. The molecule has 3 rings (SSSR count). The molecule has 27 heavy (non-hydrogen) atoms. The number of likely N-dealkylation sites (N-methyl/N-ethyl adjacent to an activating group) is 1. The van der Waals surface area contributed by atoms with Gasteiger partial charge in [0.2, 0.25) is 0 Å². The quantitative estimate of drug-likeness (QED) is 0.880. The van der Waals surface area contributed by atoms with Crippen molar-refractivity contribution in [3.05, 3.63) is 23.8 Å². The van der Waals surface area contributed by atoms with Crippen molar-refractivity contribution in [2.75, 3.05) is 58.7 Å². The van der Waals surface area contributed by atoms with Gasteiger partial charge >= 0.3 is 6.03 Å². The van der Waals surface area contributed by atoms with Gasteiger partial charge in [-0.05, 0) is 51.3 Å². The third kappa shape index (κ3) is 4.93. The van der Waals surface area contributed by atoms with Gasteiger partial charge in [-0.25, -0.2) is 4.79 Å². The van der Waals surface area contributed by atoms with Gasteiger partial charge in [0.15, 0.2) is 0 Å². The Balaban J connectivity index is 1.50. The molecule has 2 aliphatic rings. The molecule has 1 atom stereocenters. The van der Waals surface area contributed by atoms with Crippen molar-refractivity contribution in [3.63, 3.8) is 0 Å². The Morgan fingerprint density at radius 3 is 2.44 bits per heavy atom. The minimum Gasteiger partial charge on any atom is -0.497 e. The average Bonchev–Trinajstić information content (AvgIpc) is 2.69. The topological polar surface area (TPSA) is 48.1 Å². The number of benzene rings is 1. The summed E-state index contributed by atoms with van der Waals surface area (Å²) in [7, 11) is 3.84. The van der Waals surface area contributed by atoms with Crippen LogP contribution in [0.2, 0.25) is 0 Å². The van der Waals surface area contributed by atoms with E-state index in [1.54, 1.807) is 7.11 Å². The zero-order chi connectivity index (χ0) is 19.4. The number of hydrogen-bond acceptors (Lipinski definition) is 4. The van der Waals surface area contributed by atoms with Crippen LogP contribution in [0.15, 0.2) is 18.2 Å². The number of aryl methyl sites for hydroxylation is 1. The molecule has 1 aromatic rings. The van der Waals surface area contributed by atoms with Crippen LogP contribution in [0.25, 0.3) is 0 Å². The van der Waals surface area contributed by atoms with Crippen LogP contribution in [0, 0.1) is 12.8 Å². The van der Waals surface area contributed by atoms with Crippen molar-refractivity contribution in [3.8, 4) is 5.75 Å². The van der Waals surface area contributed by atoms with Gasteiger partial charge < -0.3 is 19.9 Å². The minimum atomic E-state index is -0.00273. The van der Waals surface area contributed by atoms with Crippen molar-refractivity contribution in [1.82, 2.24) is 14.7 Å². The van der Waals surface area contributed by atoms with Gasteiger partial charge in [0.1, 0.15) is 5.75 Å². The maximum atomic E-state index is 12.7. The van der Waals surface area contributed by atoms with Gasteiger partial charge in [0.25, 0.3) is 0 Å². The lowest BCUT2D eigenvalue weighted by atomic mass is 9.89. The van der Waals surface area contributed by atoms with E-state index in [9.17, 15) is 4.79 Å². The highest BCUT2D eigenvalue weighted by Gasteiger charge is 2.30. The zero-order valence-corrected chi connectivity index (χ0v) is 17.2. The standard InChI is InChI=1S/C21H34N4O2/c1-16-5-6-19(27-4)15-20(16)22-21(26)25-9-7-18(8-10-25)17(2)24-13-11-23(3)12-14-24/h5-6,15,17-18H,7-14H2,1-4H3,(H,22,26)/t17-/m0/s1. The molecule has 0 unspecified atom stereocenters. The number of ether oxygens (including phenoxy) is 1. The number of urea groups is 1. The number of carbonyl (C=O) groups excluding carboxylic acids is 1. The molecular weight excluding hydrogens is 340 g/mol. The van der Waals surface area contributed by atoms with E-state index in [-0.39, 0.29) is 6.03 Å². The number of rotatable bonds is 4. The molecule has 6 heteroatoms. The summed E-state index contributed by atoms with van der Waals surface area (Å²) < 4.78 is 5.27. The molecule has 0 spiro atoms. The van der Waals surface area contributed by atoms with Crippen LogP contribution in [0.1, 0.15) is 25.3 Å². The Morgan fingerprint density at radius 2 is 1.81 bits per heavy atom. The second-order valence-electron chi connectivity index (χ2n) is 8.02. The lowest BCUT2D eigenvalue weighted by Gasteiger charge is -2.42.